The van der Waals surface area contributed by atoms with Crippen LogP contribution in [0.5, 0.6) is 0 Å². The molecular weight excluding hydrogens is 488 g/mol. The van der Waals surface area contributed by atoms with Crippen LogP contribution in [0.25, 0.3) is 22.4 Å². The van der Waals surface area contributed by atoms with Crippen LogP contribution >= 0.6 is 27.3 Å². The highest BCUT2D eigenvalue weighted by Crippen LogP contribution is 2.27. The Hall–Kier alpha value is -3.29. The van der Waals surface area contributed by atoms with Crippen molar-refractivity contribution < 1.29 is 14.3 Å². The molecule has 0 fully saturated rings. The number of carbonyl (C=O) groups is 2. The van der Waals surface area contributed by atoms with E-state index in [-0.39, 0.29) is 0 Å². The molecule has 0 radical (unpaired) electrons. The van der Waals surface area contributed by atoms with Gasteiger partial charge in [-0.3, -0.25) is 10.1 Å². The topological polar surface area (TPSA) is 68.3 Å². The van der Waals surface area contributed by atoms with Crippen LogP contribution in [0.3, 0.4) is 0 Å². The molecule has 0 aliphatic heterocycles. The summed E-state index contributed by atoms with van der Waals surface area (Å²) >= 11 is 4.75. The third-order valence-electron chi connectivity index (χ3n) is 4.71. The molecular formula is C25H19BrN2O3S. The number of aromatic nitrogens is 1. The van der Waals surface area contributed by atoms with E-state index < -0.39 is 18.5 Å². The molecule has 3 aromatic carbocycles. The van der Waals surface area contributed by atoms with Gasteiger partial charge in [0.05, 0.1) is 11.3 Å². The minimum absolute atomic E-state index is 0.396. The standard InChI is InChI=1S/C25H19BrN2O3S/c1-16-9-11-17(12-10-16)20-7-2-3-8-21(20)24(30)31-14-23(29)28-25-27-22(15-32-25)18-5-4-6-19(26)13-18/h2-13,15H,14H2,1H3,(H,27,28,29). The zero-order valence-corrected chi connectivity index (χ0v) is 19.6. The van der Waals surface area contributed by atoms with Gasteiger partial charge in [0, 0.05) is 15.4 Å². The maximum Gasteiger partial charge on any atom is 0.339 e. The smallest absolute Gasteiger partial charge is 0.339 e. The lowest BCUT2D eigenvalue weighted by Gasteiger charge is -2.10. The molecule has 1 heterocycles. The number of ether oxygens (including phenoxy) is 1. The Kier molecular flexibility index (Phi) is 6.78. The second-order valence-corrected chi connectivity index (χ2v) is 8.86. The number of halogens is 1. The number of carbonyl (C=O) groups excluding carboxylic acids is 2. The Morgan fingerprint density at radius 2 is 1.78 bits per heavy atom. The normalized spacial score (nSPS) is 10.6. The zero-order chi connectivity index (χ0) is 22.5. The third-order valence-corrected chi connectivity index (χ3v) is 5.97. The van der Waals surface area contributed by atoms with Crippen molar-refractivity contribution in [3.05, 3.63) is 93.8 Å². The maximum absolute atomic E-state index is 12.7. The van der Waals surface area contributed by atoms with E-state index >= 15 is 0 Å². The molecule has 0 bridgehead atoms. The Morgan fingerprint density at radius 1 is 1.00 bits per heavy atom. The lowest BCUT2D eigenvalue weighted by molar-refractivity contribution is -0.119. The highest BCUT2D eigenvalue weighted by molar-refractivity contribution is 9.10. The van der Waals surface area contributed by atoms with Crippen LogP contribution in [0, 0.1) is 6.92 Å². The number of anilines is 1. The van der Waals surface area contributed by atoms with E-state index in [9.17, 15) is 9.59 Å². The highest BCUT2D eigenvalue weighted by Gasteiger charge is 2.16. The number of hydrogen-bond acceptors (Lipinski definition) is 5. The second kappa shape index (κ2) is 9.89. The number of thiazole rings is 1. The molecule has 0 spiro atoms. The van der Waals surface area contributed by atoms with E-state index in [0.717, 1.165) is 32.4 Å². The molecule has 0 aliphatic carbocycles. The number of hydrogen-bond donors (Lipinski definition) is 1. The van der Waals surface area contributed by atoms with Crippen molar-refractivity contribution >= 4 is 44.3 Å². The quantitative estimate of drug-likeness (QED) is 0.309. The van der Waals surface area contributed by atoms with E-state index in [4.69, 9.17) is 4.74 Å². The number of rotatable bonds is 6. The van der Waals surface area contributed by atoms with E-state index in [2.05, 4.69) is 26.2 Å². The minimum atomic E-state index is -0.551. The van der Waals surface area contributed by atoms with Gasteiger partial charge in [-0.25, -0.2) is 9.78 Å². The van der Waals surface area contributed by atoms with Crippen molar-refractivity contribution in [2.75, 3.05) is 11.9 Å². The first kappa shape index (κ1) is 21.9. The molecule has 0 atom stereocenters. The summed E-state index contributed by atoms with van der Waals surface area (Å²) in [5, 5.41) is 4.99. The van der Waals surface area contributed by atoms with Crippen LogP contribution < -0.4 is 5.32 Å². The molecule has 0 unspecified atom stereocenters. The molecule has 0 aliphatic rings. The summed E-state index contributed by atoms with van der Waals surface area (Å²) in [5.41, 5.74) is 4.92. The lowest BCUT2D eigenvalue weighted by atomic mass is 9.99. The fourth-order valence-electron chi connectivity index (χ4n) is 3.12. The predicted molar refractivity (Wildman–Crippen MR) is 131 cm³/mol. The number of benzene rings is 3. The fourth-order valence-corrected chi connectivity index (χ4v) is 4.26. The van der Waals surface area contributed by atoms with Gasteiger partial charge in [0.15, 0.2) is 11.7 Å². The molecule has 7 heteroatoms. The molecule has 160 valence electrons. The molecule has 32 heavy (non-hydrogen) atoms. The number of nitrogens with one attached hydrogen (secondary N) is 1. The summed E-state index contributed by atoms with van der Waals surface area (Å²) in [6.45, 7) is 1.61. The molecule has 4 aromatic rings. The Bertz CT molecular complexity index is 1270. The molecule has 1 amide bonds. The van der Waals surface area contributed by atoms with E-state index in [0.29, 0.717) is 10.7 Å². The Morgan fingerprint density at radius 3 is 2.56 bits per heavy atom. The highest BCUT2D eigenvalue weighted by atomic mass is 79.9. The van der Waals surface area contributed by atoms with Crippen molar-refractivity contribution in [3.8, 4) is 22.4 Å². The number of amides is 1. The summed E-state index contributed by atoms with van der Waals surface area (Å²) in [4.78, 5) is 29.4. The van der Waals surface area contributed by atoms with Crippen LogP contribution in [0.4, 0.5) is 5.13 Å². The fraction of sp³-hybridized carbons (Fsp3) is 0.0800. The molecule has 4 rings (SSSR count). The molecule has 0 saturated carbocycles. The SMILES string of the molecule is Cc1ccc(-c2ccccc2C(=O)OCC(=O)Nc2nc(-c3cccc(Br)c3)cs2)cc1. The van der Waals surface area contributed by atoms with Crippen LogP contribution in [-0.4, -0.2) is 23.5 Å². The maximum atomic E-state index is 12.7. The van der Waals surface area contributed by atoms with Gasteiger partial charge in [-0.15, -0.1) is 11.3 Å². The molecule has 1 aromatic heterocycles. The first-order valence-electron chi connectivity index (χ1n) is 9.84. The first-order chi connectivity index (χ1) is 15.5. The van der Waals surface area contributed by atoms with Crippen LogP contribution in [0.15, 0.2) is 82.6 Å². The summed E-state index contributed by atoms with van der Waals surface area (Å²) in [5.74, 6) is -0.994. The largest absolute Gasteiger partial charge is 0.452 e. The summed E-state index contributed by atoms with van der Waals surface area (Å²) in [7, 11) is 0. The Labute approximate surface area is 198 Å². The average Bonchev–Trinajstić information content (AvgIpc) is 3.26. The first-order valence-corrected chi connectivity index (χ1v) is 11.5. The summed E-state index contributed by atoms with van der Waals surface area (Å²) < 4.78 is 6.23. The van der Waals surface area contributed by atoms with E-state index in [1.165, 1.54) is 11.3 Å². The van der Waals surface area contributed by atoms with Crippen molar-refractivity contribution in [3.63, 3.8) is 0 Å². The zero-order valence-electron chi connectivity index (χ0n) is 17.2. The van der Waals surface area contributed by atoms with Gasteiger partial charge < -0.3 is 4.74 Å². The summed E-state index contributed by atoms with van der Waals surface area (Å²) in [6.07, 6.45) is 0. The molecule has 0 saturated heterocycles. The van der Waals surface area contributed by atoms with E-state index in [1.807, 2.05) is 73.0 Å². The summed E-state index contributed by atoms with van der Waals surface area (Å²) in [6, 6.07) is 22.8. The second-order valence-electron chi connectivity index (χ2n) is 7.08. The van der Waals surface area contributed by atoms with E-state index in [1.54, 1.807) is 12.1 Å². The van der Waals surface area contributed by atoms with Crippen molar-refractivity contribution in [2.24, 2.45) is 0 Å². The minimum Gasteiger partial charge on any atom is -0.452 e. The van der Waals surface area contributed by atoms with Gasteiger partial charge in [0.1, 0.15) is 0 Å². The van der Waals surface area contributed by atoms with Crippen LogP contribution in [0.1, 0.15) is 15.9 Å². The Balaban J connectivity index is 1.39. The predicted octanol–water partition coefficient (Wildman–Crippen LogP) is 6.34. The number of nitrogens with zero attached hydrogens (tertiary/aromatic N) is 1. The lowest BCUT2D eigenvalue weighted by Crippen LogP contribution is -2.21. The molecule has 1 N–H and O–H groups in total. The molecule has 5 nitrogen and oxygen atoms in total. The van der Waals surface area contributed by atoms with Gasteiger partial charge >= 0.3 is 5.97 Å². The average molecular weight is 507 g/mol. The van der Waals surface area contributed by atoms with Crippen molar-refractivity contribution in [1.29, 1.82) is 0 Å². The van der Waals surface area contributed by atoms with Crippen LogP contribution in [-0.2, 0) is 9.53 Å². The van der Waals surface area contributed by atoms with Crippen LogP contribution in [0.2, 0.25) is 0 Å². The van der Waals surface area contributed by atoms with Gasteiger partial charge in [0.2, 0.25) is 0 Å². The third kappa shape index (κ3) is 5.30. The van der Waals surface area contributed by atoms with Gasteiger partial charge in [-0.2, -0.15) is 0 Å². The van der Waals surface area contributed by atoms with Gasteiger partial charge in [0.25, 0.3) is 5.91 Å². The number of esters is 1. The monoisotopic (exact) mass is 506 g/mol. The van der Waals surface area contributed by atoms with Crippen molar-refractivity contribution in [2.45, 2.75) is 6.92 Å². The van der Waals surface area contributed by atoms with Gasteiger partial charge in [-0.1, -0.05) is 76.1 Å². The van der Waals surface area contributed by atoms with Gasteiger partial charge in [-0.05, 0) is 36.2 Å². The number of aryl methyl sites for hydroxylation is 1. The van der Waals surface area contributed by atoms with Crippen molar-refractivity contribution in [1.82, 2.24) is 4.98 Å².